The molecule has 2 aromatic rings. The lowest BCUT2D eigenvalue weighted by molar-refractivity contribution is -0.143. The molecular formula is C17H21N3O3S. The van der Waals surface area contributed by atoms with Gasteiger partial charge in [-0.25, -0.2) is 4.98 Å². The molecule has 2 amide bonds. The Morgan fingerprint density at radius 3 is 2.83 bits per heavy atom. The van der Waals surface area contributed by atoms with Crippen LogP contribution >= 0.6 is 11.8 Å². The monoisotopic (exact) mass is 347 g/mol. The number of hydrogen-bond acceptors (Lipinski definition) is 5. The van der Waals surface area contributed by atoms with Crippen LogP contribution in [0.1, 0.15) is 26.7 Å². The maximum Gasteiger partial charge on any atom is 0.248 e. The number of anilines is 1. The molecule has 6 nitrogen and oxygen atoms in total. The zero-order valence-corrected chi connectivity index (χ0v) is 15.1. The molecule has 1 saturated heterocycles. The number of hydrogen-bond donors (Lipinski definition) is 1. The Balaban J connectivity index is 1.76. The summed E-state index contributed by atoms with van der Waals surface area (Å²) in [5.74, 6) is 1.57. The number of oxazole rings is 1. The van der Waals surface area contributed by atoms with Gasteiger partial charge in [0, 0.05) is 23.8 Å². The van der Waals surface area contributed by atoms with Crippen LogP contribution in [0.15, 0.2) is 22.6 Å². The van der Waals surface area contributed by atoms with Crippen LogP contribution < -0.4 is 5.32 Å². The lowest BCUT2D eigenvalue weighted by Crippen LogP contribution is -2.48. The number of nitrogens with zero attached hydrogens (tertiary/aromatic N) is 2. The van der Waals surface area contributed by atoms with Crippen LogP contribution in [-0.4, -0.2) is 39.4 Å². The Morgan fingerprint density at radius 2 is 2.12 bits per heavy atom. The fourth-order valence-electron chi connectivity index (χ4n) is 2.64. The average Bonchev–Trinajstić information content (AvgIpc) is 3.10. The molecule has 128 valence electrons. The van der Waals surface area contributed by atoms with Crippen LogP contribution in [0.5, 0.6) is 0 Å². The second-order valence-corrected chi connectivity index (χ2v) is 7.95. The van der Waals surface area contributed by atoms with Gasteiger partial charge >= 0.3 is 0 Å². The van der Waals surface area contributed by atoms with Crippen molar-refractivity contribution in [2.75, 3.05) is 16.9 Å². The van der Waals surface area contributed by atoms with Gasteiger partial charge in [-0.05, 0) is 18.2 Å². The fourth-order valence-corrected chi connectivity index (χ4v) is 3.79. The van der Waals surface area contributed by atoms with Crippen LogP contribution in [0.3, 0.4) is 0 Å². The molecule has 1 aromatic heterocycles. The molecule has 0 aliphatic carbocycles. The highest BCUT2D eigenvalue weighted by molar-refractivity contribution is 7.99. The van der Waals surface area contributed by atoms with Gasteiger partial charge in [0.1, 0.15) is 11.6 Å². The largest absolute Gasteiger partial charge is 0.441 e. The number of amides is 2. The SMILES string of the molecule is Cc1nc2cc(NC(=O)[C@H]3CSCN3C(=O)C(C)(C)C)ccc2o1. The molecule has 0 unspecified atom stereocenters. The van der Waals surface area contributed by atoms with E-state index in [9.17, 15) is 9.59 Å². The van der Waals surface area contributed by atoms with Crippen molar-refractivity contribution in [2.45, 2.75) is 33.7 Å². The second kappa shape index (κ2) is 6.12. The maximum absolute atomic E-state index is 12.6. The Kier molecular flexibility index (Phi) is 4.29. The number of fused-ring (bicyclic) bond motifs is 1. The predicted molar refractivity (Wildman–Crippen MR) is 94.8 cm³/mol. The quantitative estimate of drug-likeness (QED) is 0.904. The van der Waals surface area contributed by atoms with Crippen molar-refractivity contribution in [3.8, 4) is 0 Å². The number of nitrogens with one attached hydrogen (secondary N) is 1. The van der Waals surface area contributed by atoms with E-state index in [-0.39, 0.29) is 11.8 Å². The Labute approximate surface area is 145 Å². The Hall–Kier alpha value is -2.02. The molecule has 1 aliphatic heterocycles. The number of rotatable bonds is 2. The van der Waals surface area contributed by atoms with Crippen LogP contribution in [0.2, 0.25) is 0 Å². The zero-order chi connectivity index (χ0) is 17.5. The third kappa shape index (κ3) is 3.26. The van der Waals surface area contributed by atoms with E-state index in [1.54, 1.807) is 41.8 Å². The topological polar surface area (TPSA) is 75.4 Å². The summed E-state index contributed by atoms with van der Waals surface area (Å²) in [6, 6.07) is 4.90. The lowest BCUT2D eigenvalue weighted by atomic mass is 9.94. The molecule has 1 fully saturated rings. The molecule has 0 spiro atoms. The first kappa shape index (κ1) is 16.8. The fraction of sp³-hybridized carbons (Fsp3) is 0.471. The van der Waals surface area contributed by atoms with Crippen molar-refractivity contribution >= 4 is 40.4 Å². The first-order chi connectivity index (χ1) is 11.3. The highest BCUT2D eigenvalue weighted by Crippen LogP contribution is 2.28. The van der Waals surface area contributed by atoms with E-state index in [0.717, 1.165) is 0 Å². The summed E-state index contributed by atoms with van der Waals surface area (Å²) < 4.78 is 5.43. The summed E-state index contributed by atoms with van der Waals surface area (Å²) in [5.41, 5.74) is 1.54. The molecular weight excluding hydrogens is 326 g/mol. The molecule has 0 saturated carbocycles. The van der Waals surface area contributed by atoms with Crippen molar-refractivity contribution in [3.63, 3.8) is 0 Å². The minimum Gasteiger partial charge on any atom is -0.441 e. The molecule has 0 radical (unpaired) electrons. The van der Waals surface area contributed by atoms with Crippen LogP contribution in [0.25, 0.3) is 11.1 Å². The number of carbonyl (C=O) groups is 2. The minimum absolute atomic E-state index is 0.00442. The first-order valence-corrected chi connectivity index (χ1v) is 8.98. The van der Waals surface area contributed by atoms with Crippen LogP contribution in [-0.2, 0) is 9.59 Å². The molecule has 2 heterocycles. The van der Waals surface area contributed by atoms with Gasteiger partial charge in [-0.1, -0.05) is 20.8 Å². The summed E-state index contributed by atoms with van der Waals surface area (Å²) >= 11 is 1.60. The van der Waals surface area contributed by atoms with Gasteiger partial charge in [0.05, 0.1) is 5.88 Å². The maximum atomic E-state index is 12.6. The summed E-state index contributed by atoms with van der Waals surface area (Å²) in [7, 11) is 0. The zero-order valence-electron chi connectivity index (χ0n) is 14.3. The molecule has 1 atom stereocenters. The Morgan fingerprint density at radius 1 is 1.38 bits per heavy atom. The third-order valence-corrected chi connectivity index (χ3v) is 4.86. The van der Waals surface area contributed by atoms with E-state index < -0.39 is 11.5 Å². The molecule has 1 N–H and O–H groups in total. The van der Waals surface area contributed by atoms with Gasteiger partial charge in [-0.3, -0.25) is 9.59 Å². The highest BCUT2D eigenvalue weighted by Gasteiger charge is 2.39. The Bertz CT molecular complexity index is 794. The summed E-state index contributed by atoms with van der Waals surface area (Å²) in [6.45, 7) is 7.39. The average molecular weight is 347 g/mol. The number of aryl methyl sites for hydroxylation is 1. The summed E-state index contributed by atoms with van der Waals surface area (Å²) in [6.07, 6.45) is 0. The molecule has 0 bridgehead atoms. The van der Waals surface area contributed by atoms with Gasteiger partial charge in [0.15, 0.2) is 11.5 Å². The number of carbonyl (C=O) groups excluding carboxylic acids is 2. The predicted octanol–water partition coefficient (Wildman–Crippen LogP) is 3.02. The van der Waals surface area contributed by atoms with Gasteiger partial charge in [0.25, 0.3) is 0 Å². The second-order valence-electron chi connectivity index (χ2n) is 6.95. The van der Waals surface area contributed by atoms with E-state index in [0.29, 0.717) is 34.3 Å². The normalized spacial score (nSPS) is 18.2. The van der Waals surface area contributed by atoms with Crippen molar-refractivity contribution in [2.24, 2.45) is 5.41 Å². The summed E-state index contributed by atoms with van der Waals surface area (Å²) in [4.78, 5) is 31.1. The van der Waals surface area contributed by atoms with Crippen molar-refractivity contribution in [1.82, 2.24) is 9.88 Å². The minimum atomic E-state index is -0.499. The summed E-state index contributed by atoms with van der Waals surface area (Å²) in [5, 5.41) is 2.89. The van der Waals surface area contributed by atoms with Crippen LogP contribution in [0.4, 0.5) is 5.69 Å². The third-order valence-electron chi connectivity index (χ3n) is 3.85. The first-order valence-electron chi connectivity index (χ1n) is 7.82. The smallest absolute Gasteiger partial charge is 0.248 e. The van der Waals surface area contributed by atoms with Crippen LogP contribution in [0, 0.1) is 12.3 Å². The molecule has 3 rings (SSSR count). The van der Waals surface area contributed by atoms with Crippen molar-refractivity contribution in [1.29, 1.82) is 0 Å². The van der Waals surface area contributed by atoms with Gasteiger partial charge in [-0.2, -0.15) is 0 Å². The van der Waals surface area contributed by atoms with E-state index in [1.807, 2.05) is 20.8 Å². The molecule has 1 aliphatic rings. The molecule has 7 heteroatoms. The molecule has 24 heavy (non-hydrogen) atoms. The van der Waals surface area contributed by atoms with E-state index in [1.165, 1.54) is 0 Å². The number of thioether (sulfide) groups is 1. The highest BCUT2D eigenvalue weighted by atomic mass is 32.2. The number of aromatic nitrogens is 1. The van der Waals surface area contributed by atoms with Crippen molar-refractivity contribution < 1.29 is 14.0 Å². The van der Waals surface area contributed by atoms with Gasteiger partial charge < -0.3 is 14.6 Å². The number of benzene rings is 1. The standard InChI is InChI=1S/C17H21N3O3S/c1-10-18-12-7-11(5-6-14(12)23-10)19-15(21)13-8-24-9-20(13)16(22)17(2,3)4/h5-7,13H,8-9H2,1-4H3,(H,19,21)/t13-/m1/s1. The van der Waals surface area contributed by atoms with Gasteiger partial charge in [-0.15, -0.1) is 11.8 Å². The van der Waals surface area contributed by atoms with E-state index in [4.69, 9.17) is 4.42 Å². The van der Waals surface area contributed by atoms with E-state index in [2.05, 4.69) is 10.3 Å². The lowest BCUT2D eigenvalue weighted by Gasteiger charge is -2.29. The van der Waals surface area contributed by atoms with E-state index >= 15 is 0 Å². The van der Waals surface area contributed by atoms with Crippen molar-refractivity contribution in [3.05, 3.63) is 24.1 Å². The molecule has 1 aromatic carbocycles. The van der Waals surface area contributed by atoms with Gasteiger partial charge in [0.2, 0.25) is 11.8 Å².